The molecule has 0 saturated carbocycles. The Labute approximate surface area is 43.8 Å². The van der Waals surface area contributed by atoms with Crippen molar-refractivity contribution in [2.45, 2.75) is 0 Å². The lowest BCUT2D eigenvalue weighted by molar-refractivity contribution is -0.176. The van der Waals surface area contributed by atoms with Gasteiger partial charge in [0.2, 0.25) is 0 Å². The van der Waals surface area contributed by atoms with E-state index in [0.29, 0.717) is 0 Å². The normalized spacial score (nSPS) is 2.50. The van der Waals surface area contributed by atoms with Gasteiger partial charge in [-0.2, -0.15) is 0 Å². The molecule has 52 valence electrons. The van der Waals surface area contributed by atoms with Gasteiger partial charge in [-0.3, -0.25) is 21.0 Å². The second-order valence-corrected chi connectivity index (χ2v) is 0. The molecule has 0 spiro atoms. The lowest BCUT2D eigenvalue weighted by Crippen LogP contribution is -1.29. The van der Waals surface area contributed by atoms with E-state index in [1.165, 1.54) is 0 Å². The third-order valence-corrected chi connectivity index (χ3v) is 0. The summed E-state index contributed by atoms with van der Waals surface area (Å²) in [5.41, 5.74) is 0. The molecule has 0 unspecified atom stereocenters. The van der Waals surface area contributed by atoms with Crippen molar-refractivity contribution in [2.24, 2.45) is 0 Å². The SMILES string of the molecule is O=O.O=O.OO.OO.[H+]. The van der Waals surface area contributed by atoms with E-state index < -0.39 is 0 Å². The van der Waals surface area contributed by atoms with Gasteiger partial charge in [-0.15, -0.1) is 0 Å². The fourth-order valence-corrected chi connectivity index (χ4v) is 0. The summed E-state index contributed by atoms with van der Waals surface area (Å²) < 4.78 is 0. The minimum Gasteiger partial charge on any atom is -0.255 e. The van der Waals surface area contributed by atoms with Gasteiger partial charge in [0, 0.05) is 19.9 Å². The maximum Gasteiger partial charge on any atom is 1.00 e. The molecule has 8 heavy (non-hydrogen) atoms. The van der Waals surface area contributed by atoms with Crippen molar-refractivity contribution < 1.29 is 22.5 Å². The molecule has 0 saturated heterocycles. The second kappa shape index (κ2) is 166. The molecule has 0 bridgehead atoms. The first-order valence-corrected chi connectivity index (χ1v) is 0.733. The summed E-state index contributed by atoms with van der Waals surface area (Å²) in [4.78, 5) is 28.0. The van der Waals surface area contributed by atoms with Gasteiger partial charge in [-0.1, -0.05) is 0 Å². The van der Waals surface area contributed by atoms with Gasteiger partial charge < -0.3 is 0 Å². The summed E-state index contributed by atoms with van der Waals surface area (Å²) in [5.74, 6) is 0. The smallest absolute Gasteiger partial charge is 0.255 e. The van der Waals surface area contributed by atoms with Gasteiger partial charge in [-0.05, 0) is 0 Å². The van der Waals surface area contributed by atoms with E-state index in [-0.39, 0.29) is 1.43 Å². The Bertz CT molecular complexity index is 6.53. The molecule has 0 fully saturated rings. The predicted octanol–water partition coefficient (Wildman–Crippen LogP) is 0.281. The van der Waals surface area contributed by atoms with Crippen molar-refractivity contribution in [3.8, 4) is 0 Å². The van der Waals surface area contributed by atoms with E-state index in [0.717, 1.165) is 0 Å². The van der Waals surface area contributed by atoms with Crippen LogP contribution in [0.1, 0.15) is 1.43 Å². The second-order valence-electron chi connectivity index (χ2n) is 0. The van der Waals surface area contributed by atoms with Crippen molar-refractivity contribution in [1.29, 1.82) is 0 Å². The monoisotopic (exact) mass is 133 g/mol. The van der Waals surface area contributed by atoms with Crippen molar-refractivity contribution in [3.63, 3.8) is 0 Å². The molecule has 0 aliphatic carbocycles. The summed E-state index contributed by atoms with van der Waals surface area (Å²) >= 11 is 0. The molecule has 0 heterocycles. The van der Waals surface area contributed by atoms with Crippen LogP contribution >= 0.6 is 0 Å². The maximum atomic E-state index is 7.00. The third-order valence-electron chi connectivity index (χ3n) is 0. The molecule has 0 aromatic heterocycles. The summed E-state index contributed by atoms with van der Waals surface area (Å²) in [7, 11) is 0. The Hall–Kier alpha value is -0.960. The lowest BCUT2D eigenvalue weighted by atomic mass is 15.0. The largest absolute Gasteiger partial charge is 1.00 e. The van der Waals surface area contributed by atoms with E-state index in [1.54, 1.807) is 0 Å². The first kappa shape index (κ1) is 27.8. The van der Waals surface area contributed by atoms with Crippen LogP contribution in [0, 0.1) is 19.9 Å². The minimum atomic E-state index is 0. The molecular weight excluding hydrogens is 128 g/mol. The molecule has 0 aliphatic rings. The topological polar surface area (TPSA) is 149 Å². The number of hydrogen-bond acceptors (Lipinski definition) is 8. The van der Waals surface area contributed by atoms with Crippen molar-refractivity contribution >= 4 is 0 Å². The van der Waals surface area contributed by atoms with Gasteiger partial charge >= 0.3 is 1.43 Å². The molecule has 0 aromatic rings. The highest BCUT2D eigenvalue weighted by Gasteiger charge is 0.748. The molecule has 4 N–H and O–H groups in total. The molecule has 0 atom stereocenters. The first-order valence-electron chi connectivity index (χ1n) is 0.733. The average Bonchev–Trinajstić information content (AvgIpc) is 2.03. The van der Waals surface area contributed by atoms with Gasteiger partial charge in [0.15, 0.2) is 0 Å². The zero-order valence-corrected chi connectivity index (χ0v) is 3.42. The van der Waals surface area contributed by atoms with Crippen LogP contribution in [0.25, 0.3) is 0 Å². The molecule has 8 nitrogen and oxygen atoms in total. The summed E-state index contributed by atoms with van der Waals surface area (Å²) in [6, 6.07) is 0. The van der Waals surface area contributed by atoms with Gasteiger partial charge in [0.05, 0.1) is 0 Å². The highest BCUT2D eigenvalue weighted by atomic mass is 17.0. The first-order chi connectivity index (χ1) is 4.00. The standard InChI is InChI=1S/2H2O2.2O2/c4*1-2/h2*1-2H;;/p+1. The van der Waals surface area contributed by atoms with E-state index in [1.807, 2.05) is 0 Å². The summed E-state index contributed by atoms with van der Waals surface area (Å²) in [5, 5.41) is 24.0. The minimum absolute atomic E-state index is 0. The van der Waals surface area contributed by atoms with E-state index in [9.17, 15) is 0 Å². The van der Waals surface area contributed by atoms with E-state index in [2.05, 4.69) is 0 Å². The predicted molar refractivity (Wildman–Crippen MR) is 25.1 cm³/mol. The molecule has 0 aliphatic heterocycles. The highest BCUT2D eigenvalue weighted by Crippen LogP contribution is 0.743. The fourth-order valence-electron chi connectivity index (χ4n) is 0. The Kier molecular flexibility index (Phi) is 578. The van der Waals surface area contributed by atoms with E-state index >= 15 is 0 Å². The Morgan fingerprint density at radius 1 is 0.625 bits per heavy atom. The maximum absolute atomic E-state index is 7.00. The zero-order valence-electron chi connectivity index (χ0n) is 4.42. The van der Waals surface area contributed by atoms with Gasteiger partial charge in [0.1, 0.15) is 0 Å². The van der Waals surface area contributed by atoms with Gasteiger partial charge in [-0.25, -0.2) is 0 Å². The van der Waals surface area contributed by atoms with Gasteiger partial charge in [0.25, 0.3) is 0 Å². The van der Waals surface area contributed by atoms with Crippen LogP contribution in [-0.4, -0.2) is 21.0 Å². The van der Waals surface area contributed by atoms with Crippen LogP contribution in [0.3, 0.4) is 0 Å². The lowest BCUT2D eigenvalue weighted by Gasteiger charge is -1.25. The summed E-state index contributed by atoms with van der Waals surface area (Å²) in [6.07, 6.45) is 0. The Morgan fingerprint density at radius 3 is 0.625 bits per heavy atom. The van der Waals surface area contributed by atoms with Crippen molar-refractivity contribution in [3.05, 3.63) is 19.9 Å². The molecular formula is H5O8+. The molecule has 0 amide bonds. The quantitative estimate of drug-likeness (QED) is 0.271. The molecule has 8 heteroatoms. The van der Waals surface area contributed by atoms with Crippen molar-refractivity contribution in [1.82, 2.24) is 0 Å². The summed E-state index contributed by atoms with van der Waals surface area (Å²) in [6.45, 7) is 0. The molecule has 0 radical (unpaired) electrons. The number of rotatable bonds is 0. The van der Waals surface area contributed by atoms with Crippen LogP contribution < -0.4 is 0 Å². The van der Waals surface area contributed by atoms with Crippen LogP contribution in [0.4, 0.5) is 0 Å². The number of hydrogen-bond donors (Lipinski definition) is 4. The van der Waals surface area contributed by atoms with E-state index in [4.69, 9.17) is 40.9 Å². The molecule has 0 aromatic carbocycles. The fraction of sp³-hybridized carbons (Fsp3) is 0. The Balaban J connectivity index is -0.00000000762. The zero-order chi connectivity index (χ0) is 8.00. The average molecular weight is 133 g/mol. The molecule has 0 rings (SSSR count). The third kappa shape index (κ3) is 89.3. The van der Waals surface area contributed by atoms with Crippen LogP contribution in [-0.2, 0) is 0 Å². The highest BCUT2D eigenvalue weighted by molar-refractivity contribution is 4.08. The van der Waals surface area contributed by atoms with Crippen LogP contribution in [0.15, 0.2) is 0 Å². The van der Waals surface area contributed by atoms with Crippen LogP contribution in [0.5, 0.6) is 0 Å². The van der Waals surface area contributed by atoms with Crippen molar-refractivity contribution in [2.75, 3.05) is 0 Å². The van der Waals surface area contributed by atoms with Crippen LogP contribution in [0.2, 0.25) is 0 Å². The Morgan fingerprint density at radius 2 is 0.625 bits per heavy atom.